The standard InChI is InChI=1S/C23H26N2O7/c1-15(22(27)28)31-11-10-30-14-25-21(26)12-24-23(29)32-13-20-18-8-4-2-6-16(18)17-7-3-5-9-19(17)20/h2-9,15,20H,10-14H2,1H3,(H,24,29)(H,25,26)(H,27,28). The SMILES string of the molecule is CC(OCCOCNC(=O)CNC(=O)OCC1c2ccccc2-c2ccccc21)C(=O)O. The molecule has 2 aromatic rings. The normalized spacial score (nSPS) is 13.0. The first-order chi connectivity index (χ1) is 15.5. The van der Waals surface area contributed by atoms with Gasteiger partial charge in [-0.05, 0) is 29.2 Å². The van der Waals surface area contributed by atoms with E-state index in [1.54, 1.807) is 0 Å². The zero-order valence-electron chi connectivity index (χ0n) is 17.7. The van der Waals surface area contributed by atoms with Crippen LogP contribution in [0.4, 0.5) is 4.79 Å². The van der Waals surface area contributed by atoms with Gasteiger partial charge < -0.3 is 30.0 Å². The first-order valence-corrected chi connectivity index (χ1v) is 10.2. The Morgan fingerprint density at radius 3 is 2.22 bits per heavy atom. The molecule has 0 aromatic heterocycles. The van der Waals surface area contributed by atoms with E-state index in [0.717, 1.165) is 22.3 Å². The molecule has 2 amide bonds. The number of carbonyl (C=O) groups excluding carboxylic acids is 2. The van der Waals surface area contributed by atoms with Crippen molar-refractivity contribution >= 4 is 18.0 Å². The highest BCUT2D eigenvalue weighted by atomic mass is 16.6. The van der Waals surface area contributed by atoms with Crippen LogP contribution in [0.15, 0.2) is 48.5 Å². The van der Waals surface area contributed by atoms with Gasteiger partial charge in [0.15, 0.2) is 6.10 Å². The van der Waals surface area contributed by atoms with E-state index in [4.69, 9.17) is 19.3 Å². The third kappa shape index (κ3) is 6.05. The van der Waals surface area contributed by atoms with Crippen molar-refractivity contribution in [3.8, 4) is 11.1 Å². The summed E-state index contributed by atoms with van der Waals surface area (Å²) in [6.07, 6.45) is -1.60. The van der Waals surface area contributed by atoms with Crippen LogP contribution in [0.1, 0.15) is 24.0 Å². The number of benzene rings is 2. The van der Waals surface area contributed by atoms with Crippen LogP contribution in [-0.4, -0.2) is 62.3 Å². The van der Waals surface area contributed by atoms with Gasteiger partial charge in [0.2, 0.25) is 5.91 Å². The molecule has 1 unspecified atom stereocenters. The third-order valence-electron chi connectivity index (χ3n) is 5.05. The highest BCUT2D eigenvalue weighted by Crippen LogP contribution is 2.44. The topological polar surface area (TPSA) is 123 Å². The molecule has 0 saturated heterocycles. The molecule has 0 saturated carbocycles. The van der Waals surface area contributed by atoms with Crippen molar-refractivity contribution in [2.45, 2.75) is 18.9 Å². The lowest BCUT2D eigenvalue weighted by atomic mass is 9.98. The largest absolute Gasteiger partial charge is 0.479 e. The molecule has 1 aliphatic rings. The Labute approximate surface area is 185 Å². The number of hydrogen-bond acceptors (Lipinski definition) is 6. The number of amides is 2. The van der Waals surface area contributed by atoms with E-state index in [0.29, 0.717) is 0 Å². The van der Waals surface area contributed by atoms with Crippen LogP contribution >= 0.6 is 0 Å². The number of carboxylic acids is 1. The summed E-state index contributed by atoms with van der Waals surface area (Å²) in [5.74, 6) is -1.56. The molecule has 3 N–H and O–H groups in total. The number of carboxylic acid groups (broad SMARTS) is 1. The van der Waals surface area contributed by atoms with Gasteiger partial charge in [-0.25, -0.2) is 9.59 Å². The Balaban J connectivity index is 1.34. The molecular formula is C23H26N2O7. The maximum Gasteiger partial charge on any atom is 0.407 e. The van der Waals surface area contributed by atoms with Crippen molar-refractivity contribution in [2.75, 3.05) is 33.1 Å². The number of alkyl carbamates (subject to hydrolysis) is 1. The summed E-state index contributed by atoms with van der Waals surface area (Å²) in [6.45, 7) is 1.44. The van der Waals surface area contributed by atoms with Crippen molar-refractivity contribution in [3.63, 3.8) is 0 Å². The van der Waals surface area contributed by atoms with E-state index in [-0.39, 0.29) is 39.0 Å². The number of hydrogen-bond donors (Lipinski definition) is 3. The molecule has 1 aliphatic carbocycles. The molecule has 0 spiro atoms. The van der Waals surface area contributed by atoms with Crippen LogP contribution in [0.25, 0.3) is 11.1 Å². The number of aliphatic carboxylic acids is 1. The van der Waals surface area contributed by atoms with Gasteiger partial charge in [-0.3, -0.25) is 4.79 Å². The number of rotatable bonds is 11. The highest BCUT2D eigenvalue weighted by molar-refractivity contribution is 5.82. The summed E-state index contributed by atoms with van der Waals surface area (Å²) >= 11 is 0. The van der Waals surface area contributed by atoms with Gasteiger partial charge in [0, 0.05) is 5.92 Å². The van der Waals surface area contributed by atoms with Gasteiger partial charge >= 0.3 is 12.1 Å². The summed E-state index contributed by atoms with van der Waals surface area (Å²) in [4.78, 5) is 34.4. The van der Waals surface area contributed by atoms with E-state index < -0.39 is 24.1 Å². The fourth-order valence-corrected chi connectivity index (χ4v) is 3.42. The van der Waals surface area contributed by atoms with E-state index in [1.807, 2.05) is 36.4 Å². The molecule has 1 atom stereocenters. The maximum absolute atomic E-state index is 12.1. The average Bonchev–Trinajstić information content (AvgIpc) is 3.12. The molecule has 0 aliphatic heterocycles. The second-order valence-corrected chi connectivity index (χ2v) is 7.18. The monoisotopic (exact) mass is 442 g/mol. The number of fused-ring (bicyclic) bond motifs is 3. The molecule has 2 aromatic carbocycles. The third-order valence-corrected chi connectivity index (χ3v) is 5.05. The van der Waals surface area contributed by atoms with E-state index in [9.17, 15) is 14.4 Å². The number of carbonyl (C=O) groups is 3. The molecule has 0 heterocycles. The number of ether oxygens (including phenoxy) is 3. The Hall–Kier alpha value is -3.43. The number of nitrogens with one attached hydrogen (secondary N) is 2. The van der Waals surface area contributed by atoms with Crippen LogP contribution < -0.4 is 10.6 Å². The van der Waals surface area contributed by atoms with E-state index in [2.05, 4.69) is 22.8 Å². The Morgan fingerprint density at radius 2 is 1.59 bits per heavy atom. The lowest BCUT2D eigenvalue weighted by molar-refractivity contribution is -0.150. The van der Waals surface area contributed by atoms with Gasteiger partial charge in [-0.15, -0.1) is 0 Å². The Morgan fingerprint density at radius 1 is 0.969 bits per heavy atom. The Kier molecular flexibility index (Phi) is 8.18. The lowest BCUT2D eigenvalue weighted by Gasteiger charge is -2.14. The molecule has 0 radical (unpaired) electrons. The van der Waals surface area contributed by atoms with Gasteiger partial charge in [0.25, 0.3) is 0 Å². The summed E-state index contributed by atoms with van der Waals surface area (Å²) in [7, 11) is 0. The van der Waals surface area contributed by atoms with Crippen molar-refractivity contribution < 1.29 is 33.7 Å². The molecular weight excluding hydrogens is 416 g/mol. The van der Waals surface area contributed by atoms with Crippen LogP contribution in [0.2, 0.25) is 0 Å². The predicted molar refractivity (Wildman–Crippen MR) is 115 cm³/mol. The van der Waals surface area contributed by atoms with Crippen LogP contribution in [0.3, 0.4) is 0 Å². The zero-order chi connectivity index (χ0) is 22.9. The molecule has 0 fully saturated rings. The predicted octanol–water partition coefficient (Wildman–Crippen LogP) is 2.11. The zero-order valence-corrected chi connectivity index (χ0v) is 17.7. The maximum atomic E-state index is 12.1. The van der Waals surface area contributed by atoms with Crippen molar-refractivity contribution in [1.82, 2.24) is 10.6 Å². The lowest BCUT2D eigenvalue weighted by Crippen LogP contribution is -2.38. The summed E-state index contributed by atoms with van der Waals surface area (Å²) in [5.41, 5.74) is 4.50. The molecule has 9 nitrogen and oxygen atoms in total. The first-order valence-electron chi connectivity index (χ1n) is 10.2. The minimum atomic E-state index is -1.06. The minimum Gasteiger partial charge on any atom is -0.479 e. The molecule has 3 rings (SSSR count). The summed E-state index contributed by atoms with van der Waals surface area (Å²) in [6, 6.07) is 16.1. The van der Waals surface area contributed by atoms with Crippen molar-refractivity contribution in [2.24, 2.45) is 0 Å². The molecule has 32 heavy (non-hydrogen) atoms. The van der Waals surface area contributed by atoms with Gasteiger partial charge in [0.05, 0.1) is 13.2 Å². The molecule has 0 bridgehead atoms. The smallest absolute Gasteiger partial charge is 0.407 e. The van der Waals surface area contributed by atoms with Gasteiger partial charge in [0.1, 0.15) is 19.9 Å². The van der Waals surface area contributed by atoms with Crippen LogP contribution in [0, 0.1) is 0 Å². The average molecular weight is 442 g/mol. The van der Waals surface area contributed by atoms with Crippen molar-refractivity contribution in [1.29, 1.82) is 0 Å². The van der Waals surface area contributed by atoms with Crippen molar-refractivity contribution in [3.05, 3.63) is 59.7 Å². The highest BCUT2D eigenvalue weighted by Gasteiger charge is 2.29. The van der Waals surface area contributed by atoms with Crippen LogP contribution in [-0.2, 0) is 23.8 Å². The minimum absolute atomic E-state index is 0.0542. The fourth-order valence-electron chi connectivity index (χ4n) is 3.42. The summed E-state index contributed by atoms with van der Waals surface area (Å²) in [5, 5.41) is 13.6. The first kappa shape index (κ1) is 23.2. The molecule has 9 heteroatoms. The van der Waals surface area contributed by atoms with E-state index >= 15 is 0 Å². The fraction of sp³-hybridized carbons (Fsp3) is 0.348. The van der Waals surface area contributed by atoms with Gasteiger partial charge in [-0.2, -0.15) is 0 Å². The Bertz CT molecular complexity index is 917. The second-order valence-electron chi connectivity index (χ2n) is 7.18. The summed E-state index contributed by atoms with van der Waals surface area (Å²) < 4.78 is 15.5. The second kappa shape index (κ2) is 11.3. The molecule has 170 valence electrons. The quantitative estimate of drug-likeness (QED) is 0.360. The van der Waals surface area contributed by atoms with E-state index in [1.165, 1.54) is 6.92 Å². The van der Waals surface area contributed by atoms with Crippen LogP contribution in [0.5, 0.6) is 0 Å². The van der Waals surface area contributed by atoms with Gasteiger partial charge in [-0.1, -0.05) is 48.5 Å².